The van der Waals surface area contributed by atoms with Crippen molar-refractivity contribution in [3.63, 3.8) is 0 Å². The Hall–Kier alpha value is -3.34. The standard InChI is InChI=1S/C25H23ClN2O6S2/c1-4-36(30,31)16-11-9-15(10-12-16)23(34-19-8-6-5-7-17(19)26)24(29)28-25-27-18-13-20(32-2)21(33-3)14-22(18)35-25/h5-14,23H,4H2,1-3H3,(H,27,28,29). The molecule has 4 aromatic rings. The maximum atomic E-state index is 13.4. The summed E-state index contributed by atoms with van der Waals surface area (Å²) in [5, 5.41) is 3.48. The maximum absolute atomic E-state index is 13.4. The molecule has 1 aromatic heterocycles. The summed E-state index contributed by atoms with van der Waals surface area (Å²) in [7, 11) is -0.316. The average molecular weight is 547 g/mol. The zero-order valence-corrected chi connectivity index (χ0v) is 22.0. The Balaban J connectivity index is 1.67. The van der Waals surface area contributed by atoms with Gasteiger partial charge in [-0.25, -0.2) is 13.4 Å². The predicted molar refractivity (Wildman–Crippen MR) is 140 cm³/mol. The monoisotopic (exact) mass is 546 g/mol. The van der Waals surface area contributed by atoms with Crippen LogP contribution in [0.3, 0.4) is 0 Å². The largest absolute Gasteiger partial charge is 0.493 e. The van der Waals surface area contributed by atoms with Crippen molar-refractivity contribution < 1.29 is 27.4 Å². The lowest BCUT2D eigenvalue weighted by Gasteiger charge is -2.19. The van der Waals surface area contributed by atoms with Crippen molar-refractivity contribution in [3.8, 4) is 17.2 Å². The predicted octanol–water partition coefficient (Wildman–Crippen LogP) is 5.52. The van der Waals surface area contributed by atoms with Gasteiger partial charge in [0.15, 0.2) is 26.5 Å². The van der Waals surface area contributed by atoms with Crippen molar-refractivity contribution in [1.29, 1.82) is 0 Å². The summed E-state index contributed by atoms with van der Waals surface area (Å²) in [6, 6.07) is 16.3. The van der Waals surface area contributed by atoms with Crippen molar-refractivity contribution in [1.82, 2.24) is 4.98 Å². The Bertz CT molecular complexity index is 1460. The van der Waals surface area contributed by atoms with Crippen LogP contribution in [0.1, 0.15) is 18.6 Å². The number of aromatic nitrogens is 1. The lowest BCUT2D eigenvalue weighted by atomic mass is 10.1. The van der Waals surface area contributed by atoms with Crippen molar-refractivity contribution >= 4 is 54.0 Å². The summed E-state index contributed by atoms with van der Waals surface area (Å²) >= 11 is 7.53. The van der Waals surface area contributed by atoms with Crippen LogP contribution >= 0.6 is 22.9 Å². The third-order valence-electron chi connectivity index (χ3n) is 5.37. The van der Waals surface area contributed by atoms with E-state index >= 15 is 0 Å². The molecule has 0 radical (unpaired) electrons. The minimum Gasteiger partial charge on any atom is -0.493 e. The summed E-state index contributed by atoms with van der Waals surface area (Å²) in [4.78, 5) is 18.1. The molecule has 0 saturated carbocycles. The molecule has 0 bridgehead atoms. The van der Waals surface area contributed by atoms with Gasteiger partial charge in [0.1, 0.15) is 5.75 Å². The topological polar surface area (TPSA) is 104 Å². The highest BCUT2D eigenvalue weighted by molar-refractivity contribution is 7.91. The highest BCUT2D eigenvalue weighted by Gasteiger charge is 2.26. The second-order valence-electron chi connectivity index (χ2n) is 7.58. The van der Waals surface area contributed by atoms with Crippen LogP contribution in [-0.4, -0.2) is 39.3 Å². The fraction of sp³-hybridized carbons (Fsp3) is 0.200. The number of carbonyl (C=O) groups excluding carboxylic acids is 1. The first-order chi connectivity index (χ1) is 17.2. The van der Waals surface area contributed by atoms with E-state index in [1.165, 1.54) is 30.6 Å². The molecule has 1 heterocycles. The molecule has 0 aliphatic rings. The summed E-state index contributed by atoms with van der Waals surface area (Å²) in [6.45, 7) is 1.57. The molecule has 1 amide bonds. The SMILES string of the molecule is CCS(=O)(=O)c1ccc(C(Oc2ccccc2Cl)C(=O)Nc2nc3cc(OC)c(OC)cc3s2)cc1. The van der Waals surface area contributed by atoms with Gasteiger partial charge in [-0.1, -0.05) is 54.1 Å². The number of anilines is 1. The third kappa shape index (κ3) is 5.40. The lowest BCUT2D eigenvalue weighted by Crippen LogP contribution is -2.25. The smallest absolute Gasteiger partial charge is 0.271 e. The van der Waals surface area contributed by atoms with E-state index in [4.69, 9.17) is 25.8 Å². The second-order valence-corrected chi connectivity index (χ2v) is 11.3. The number of thiazole rings is 1. The van der Waals surface area contributed by atoms with Gasteiger partial charge in [-0.15, -0.1) is 0 Å². The number of rotatable bonds is 9. The average Bonchev–Trinajstić information content (AvgIpc) is 3.28. The summed E-state index contributed by atoms with van der Waals surface area (Å²) in [6.07, 6.45) is -1.13. The molecule has 11 heteroatoms. The molecule has 188 valence electrons. The molecule has 0 aliphatic heterocycles. The number of methoxy groups -OCH3 is 2. The van der Waals surface area contributed by atoms with E-state index in [0.717, 1.165) is 4.70 Å². The van der Waals surface area contributed by atoms with Crippen molar-refractivity contribution in [2.75, 3.05) is 25.3 Å². The Labute approximate surface area is 217 Å². The Morgan fingerprint density at radius 2 is 1.69 bits per heavy atom. The summed E-state index contributed by atoms with van der Waals surface area (Å²) in [5.74, 6) is 0.852. The van der Waals surface area contributed by atoms with Crippen LogP contribution in [0.15, 0.2) is 65.6 Å². The van der Waals surface area contributed by atoms with E-state index in [2.05, 4.69) is 10.3 Å². The fourth-order valence-corrected chi connectivity index (χ4v) is 5.38. The van der Waals surface area contributed by atoms with Gasteiger partial charge in [0, 0.05) is 17.7 Å². The van der Waals surface area contributed by atoms with E-state index < -0.39 is 21.8 Å². The first-order valence-electron chi connectivity index (χ1n) is 10.8. The van der Waals surface area contributed by atoms with Gasteiger partial charge in [-0.3, -0.25) is 10.1 Å². The molecule has 3 aromatic carbocycles. The zero-order chi connectivity index (χ0) is 25.9. The Kier molecular flexibility index (Phi) is 7.67. The quantitative estimate of drug-likeness (QED) is 0.295. The van der Waals surface area contributed by atoms with Crippen LogP contribution in [-0.2, 0) is 14.6 Å². The summed E-state index contributed by atoms with van der Waals surface area (Å²) < 4.78 is 41.9. The number of para-hydroxylation sites is 1. The van der Waals surface area contributed by atoms with E-state index in [1.807, 2.05) is 0 Å². The van der Waals surface area contributed by atoms with E-state index in [1.54, 1.807) is 62.6 Å². The molecular weight excluding hydrogens is 524 g/mol. The minimum atomic E-state index is -3.39. The molecule has 1 atom stereocenters. The highest BCUT2D eigenvalue weighted by atomic mass is 35.5. The van der Waals surface area contributed by atoms with E-state index in [9.17, 15) is 13.2 Å². The van der Waals surface area contributed by atoms with Crippen molar-refractivity contribution in [2.45, 2.75) is 17.9 Å². The number of halogens is 1. The molecule has 4 rings (SSSR count). The molecule has 1 N–H and O–H groups in total. The molecule has 36 heavy (non-hydrogen) atoms. The molecule has 8 nitrogen and oxygen atoms in total. The van der Waals surface area contributed by atoms with Gasteiger partial charge < -0.3 is 14.2 Å². The number of benzene rings is 3. The number of nitrogens with one attached hydrogen (secondary N) is 1. The number of ether oxygens (including phenoxy) is 3. The van der Waals surface area contributed by atoms with Crippen LogP contribution in [0.4, 0.5) is 5.13 Å². The minimum absolute atomic E-state index is 0.0282. The molecule has 0 fully saturated rings. The number of hydrogen-bond donors (Lipinski definition) is 1. The number of nitrogens with zero attached hydrogens (tertiary/aromatic N) is 1. The lowest BCUT2D eigenvalue weighted by molar-refractivity contribution is -0.123. The molecule has 0 saturated heterocycles. The third-order valence-corrected chi connectivity index (χ3v) is 8.36. The van der Waals surface area contributed by atoms with Gasteiger partial charge >= 0.3 is 0 Å². The van der Waals surface area contributed by atoms with Gasteiger partial charge in [0.05, 0.1) is 40.1 Å². The van der Waals surface area contributed by atoms with Crippen LogP contribution in [0.2, 0.25) is 5.02 Å². The van der Waals surface area contributed by atoms with Gasteiger partial charge in [0.25, 0.3) is 5.91 Å². The van der Waals surface area contributed by atoms with Crippen molar-refractivity contribution in [2.24, 2.45) is 0 Å². The number of carbonyl (C=O) groups is 1. The van der Waals surface area contributed by atoms with Crippen LogP contribution in [0, 0.1) is 0 Å². The molecule has 1 unspecified atom stereocenters. The van der Waals surface area contributed by atoms with Gasteiger partial charge in [-0.2, -0.15) is 0 Å². The first kappa shape index (κ1) is 25.7. The number of amides is 1. The van der Waals surface area contributed by atoms with Crippen LogP contribution in [0.5, 0.6) is 17.2 Å². The molecule has 0 spiro atoms. The van der Waals surface area contributed by atoms with Gasteiger partial charge in [-0.05, 0) is 24.3 Å². The van der Waals surface area contributed by atoms with E-state index in [-0.39, 0.29) is 10.6 Å². The maximum Gasteiger partial charge on any atom is 0.271 e. The highest BCUT2D eigenvalue weighted by Crippen LogP contribution is 2.37. The van der Waals surface area contributed by atoms with Crippen LogP contribution < -0.4 is 19.5 Å². The molecule has 0 aliphatic carbocycles. The first-order valence-corrected chi connectivity index (χ1v) is 13.7. The summed E-state index contributed by atoms with van der Waals surface area (Å²) in [5.41, 5.74) is 1.08. The zero-order valence-electron chi connectivity index (χ0n) is 19.6. The number of fused-ring (bicyclic) bond motifs is 1. The normalized spacial score (nSPS) is 12.2. The van der Waals surface area contributed by atoms with Gasteiger partial charge in [0.2, 0.25) is 6.10 Å². The van der Waals surface area contributed by atoms with Crippen LogP contribution in [0.25, 0.3) is 10.2 Å². The Morgan fingerprint density at radius 1 is 1.03 bits per heavy atom. The number of hydrogen-bond acceptors (Lipinski definition) is 8. The number of sulfone groups is 1. The fourth-order valence-electron chi connectivity index (χ4n) is 3.44. The van der Waals surface area contributed by atoms with E-state index in [0.29, 0.717) is 38.5 Å². The Morgan fingerprint density at radius 3 is 2.33 bits per heavy atom. The van der Waals surface area contributed by atoms with Crippen molar-refractivity contribution in [3.05, 3.63) is 71.2 Å². The molecular formula is C25H23ClN2O6S2. The second kappa shape index (κ2) is 10.7.